The average Bonchev–Trinajstić information content (AvgIpc) is 2.35. The topological polar surface area (TPSA) is 75.1 Å². The van der Waals surface area contributed by atoms with Gasteiger partial charge < -0.3 is 5.11 Å². The lowest BCUT2D eigenvalue weighted by atomic mass is 10.1. The van der Waals surface area contributed by atoms with Crippen molar-refractivity contribution in [2.24, 2.45) is 0 Å². The molecule has 1 aromatic heterocycles. The predicted molar refractivity (Wildman–Crippen MR) is 64.1 cm³/mol. The summed E-state index contributed by atoms with van der Waals surface area (Å²) in [6.45, 7) is 1.19. The van der Waals surface area contributed by atoms with E-state index in [4.69, 9.17) is 0 Å². The maximum absolute atomic E-state index is 12.9. The number of aromatic hydroxyl groups is 1. The van der Waals surface area contributed by atoms with Gasteiger partial charge >= 0.3 is 11.9 Å². The van der Waals surface area contributed by atoms with Gasteiger partial charge in [0.05, 0.1) is 16.8 Å². The Hall–Kier alpha value is -2.51. The number of hydrogen-bond acceptors (Lipinski definition) is 3. The van der Waals surface area contributed by atoms with Crippen LogP contribution in [0.3, 0.4) is 0 Å². The zero-order valence-corrected chi connectivity index (χ0v) is 10.2. The van der Waals surface area contributed by atoms with E-state index in [1.54, 1.807) is 0 Å². The van der Waals surface area contributed by atoms with Gasteiger partial charge in [-0.05, 0) is 19.1 Å². The first kappa shape index (κ1) is 13.9. The quantitative estimate of drug-likeness (QED) is 0.835. The summed E-state index contributed by atoms with van der Waals surface area (Å²) in [5.41, 5.74) is -3.89. The first-order valence-electron chi connectivity index (χ1n) is 5.45. The van der Waals surface area contributed by atoms with E-state index in [1.165, 1.54) is 13.0 Å². The Morgan fingerprint density at radius 3 is 2.40 bits per heavy atom. The third-order valence-corrected chi connectivity index (χ3v) is 2.76. The Labute approximate surface area is 109 Å². The molecule has 1 heterocycles. The summed E-state index contributed by atoms with van der Waals surface area (Å²) < 4.78 is 39.1. The largest absolute Gasteiger partial charge is 0.494 e. The average molecular weight is 286 g/mol. The maximum atomic E-state index is 12.9. The van der Waals surface area contributed by atoms with E-state index >= 15 is 0 Å². The molecule has 106 valence electrons. The molecule has 0 atom stereocenters. The van der Waals surface area contributed by atoms with Crippen LogP contribution in [0, 0.1) is 6.92 Å². The summed E-state index contributed by atoms with van der Waals surface area (Å²) in [5, 5.41) is 9.78. The third-order valence-electron chi connectivity index (χ3n) is 2.76. The molecular formula is C12H9F3N2O3. The summed E-state index contributed by atoms with van der Waals surface area (Å²) in [4.78, 5) is 24.8. The van der Waals surface area contributed by atoms with Crippen molar-refractivity contribution in [3.05, 3.63) is 56.2 Å². The van der Waals surface area contributed by atoms with Gasteiger partial charge in [0.15, 0.2) is 0 Å². The van der Waals surface area contributed by atoms with E-state index in [2.05, 4.69) is 0 Å². The molecular weight excluding hydrogens is 277 g/mol. The van der Waals surface area contributed by atoms with Gasteiger partial charge in [0.1, 0.15) is 0 Å². The second-order valence-corrected chi connectivity index (χ2v) is 4.06. The number of hydrogen-bond donors (Lipinski definition) is 2. The van der Waals surface area contributed by atoms with Gasteiger partial charge in [-0.15, -0.1) is 0 Å². The molecule has 2 aromatic rings. The fraction of sp³-hybridized carbons (Fsp3) is 0.167. The number of rotatable bonds is 1. The van der Waals surface area contributed by atoms with Crippen molar-refractivity contribution in [3.63, 3.8) is 0 Å². The second-order valence-electron chi connectivity index (χ2n) is 4.06. The number of para-hydroxylation sites is 1. The number of aromatic amines is 1. The van der Waals surface area contributed by atoms with Crippen LogP contribution in [-0.2, 0) is 6.18 Å². The number of aromatic nitrogens is 2. The Morgan fingerprint density at radius 1 is 1.20 bits per heavy atom. The van der Waals surface area contributed by atoms with Crippen LogP contribution in [-0.4, -0.2) is 14.7 Å². The van der Waals surface area contributed by atoms with E-state index in [1.807, 2.05) is 4.98 Å². The number of halogens is 3. The molecule has 0 saturated carbocycles. The van der Waals surface area contributed by atoms with Crippen LogP contribution in [0.1, 0.15) is 11.1 Å². The first-order chi connectivity index (χ1) is 9.23. The summed E-state index contributed by atoms with van der Waals surface area (Å²) >= 11 is 0. The van der Waals surface area contributed by atoms with Crippen LogP contribution >= 0.6 is 0 Å². The molecule has 0 amide bonds. The predicted octanol–water partition coefficient (Wildman–Crippen LogP) is 1.56. The van der Waals surface area contributed by atoms with Gasteiger partial charge in [-0.3, -0.25) is 9.78 Å². The SMILES string of the molecule is Cc1c(O)n(-c2ccccc2C(F)(F)F)c(=O)[nH]c1=O. The summed E-state index contributed by atoms with van der Waals surface area (Å²) in [6, 6.07) is 4.26. The van der Waals surface area contributed by atoms with Crippen LogP contribution in [0.4, 0.5) is 13.2 Å². The molecule has 1 aromatic carbocycles. The fourth-order valence-electron chi connectivity index (χ4n) is 1.74. The van der Waals surface area contributed by atoms with Crippen molar-refractivity contribution in [2.45, 2.75) is 13.1 Å². The number of nitrogens with zero attached hydrogens (tertiary/aromatic N) is 1. The number of benzene rings is 1. The smallest absolute Gasteiger partial charge is 0.418 e. The van der Waals surface area contributed by atoms with Crippen LogP contribution < -0.4 is 11.2 Å². The lowest BCUT2D eigenvalue weighted by molar-refractivity contribution is -0.137. The van der Waals surface area contributed by atoms with Crippen LogP contribution in [0.25, 0.3) is 5.69 Å². The van der Waals surface area contributed by atoms with Gasteiger partial charge in [0.25, 0.3) is 5.56 Å². The lowest BCUT2D eigenvalue weighted by Crippen LogP contribution is -2.31. The minimum Gasteiger partial charge on any atom is -0.494 e. The summed E-state index contributed by atoms with van der Waals surface area (Å²) in [5.74, 6) is -0.824. The fourth-order valence-corrected chi connectivity index (χ4v) is 1.74. The number of H-pyrrole nitrogens is 1. The van der Waals surface area contributed by atoms with Crippen molar-refractivity contribution in [2.75, 3.05) is 0 Å². The van der Waals surface area contributed by atoms with Gasteiger partial charge in [0, 0.05) is 0 Å². The highest BCUT2D eigenvalue weighted by Gasteiger charge is 2.34. The zero-order valence-electron chi connectivity index (χ0n) is 10.2. The Balaban J connectivity index is 2.87. The molecule has 0 saturated heterocycles. The monoisotopic (exact) mass is 286 g/mol. The van der Waals surface area contributed by atoms with Gasteiger partial charge in [-0.1, -0.05) is 12.1 Å². The van der Waals surface area contributed by atoms with E-state index < -0.39 is 34.6 Å². The molecule has 5 nitrogen and oxygen atoms in total. The normalized spacial score (nSPS) is 11.6. The number of nitrogens with one attached hydrogen (secondary N) is 1. The van der Waals surface area contributed by atoms with Gasteiger partial charge in [0.2, 0.25) is 5.88 Å². The molecule has 0 spiro atoms. The second kappa shape index (κ2) is 4.55. The summed E-state index contributed by atoms with van der Waals surface area (Å²) in [6.07, 6.45) is -4.70. The molecule has 0 aliphatic carbocycles. The third kappa shape index (κ3) is 2.20. The van der Waals surface area contributed by atoms with E-state index in [-0.39, 0.29) is 5.56 Å². The Morgan fingerprint density at radius 2 is 1.80 bits per heavy atom. The molecule has 2 rings (SSSR count). The van der Waals surface area contributed by atoms with Crippen LogP contribution in [0.5, 0.6) is 5.88 Å². The van der Waals surface area contributed by atoms with Gasteiger partial charge in [-0.25, -0.2) is 9.36 Å². The first-order valence-corrected chi connectivity index (χ1v) is 5.45. The molecule has 0 fully saturated rings. The number of alkyl halides is 3. The minimum atomic E-state index is -4.70. The molecule has 8 heteroatoms. The molecule has 20 heavy (non-hydrogen) atoms. The minimum absolute atomic E-state index is 0.249. The Kier molecular flexibility index (Phi) is 3.16. The molecule has 0 aliphatic heterocycles. The van der Waals surface area contributed by atoms with Crippen LogP contribution in [0.15, 0.2) is 33.9 Å². The van der Waals surface area contributed by atoms with Crippen molar-refractivity contribution < 1.29 is 18.3 Å². The Bertz CT molecular complexity index is 775. The van der Waals surface area contributed by atoms with Crippen LogP contribution in [0.2, 0.25) is 0 Å². The van der Waals surface area contributed by atoms with Crippen molar-refractivity contribution in [1.82, 2.24) is 9.55 Å². The van der Waals surface area contributed by atoms with Crippen molar-refractivity contribution >= 4 is 0 Å². The lowest BCUT2D eigenvalue weighted by Gasteiger charge is -2.15. The molecule has 2 N–H and O–H groups in total. The molecule has 0 unspecified atom stereocenters. The van der Waals surface area contributed by atoms with E-state index in [0.29, 0.717) is 4.57 Å². The van der Waals surface area contributed by atoms with Crippen molar-refractivity contribution in [1.29, 1.82) is 0 Å². The highest BCUT2D eigenvalue weighted by atomic mass is 19.4. The zero-order chi connectivity index (χ0) is 15.1. The molecule has 0 aliphatic rings. The molecule has 0 radical (unpaired) electrons. The molecule has 0 bridgehead atoms. The highest BCUT2D eigenvalue weighted by molar-refractivity contribution is 5.46. The van der Waals surface area contributed by atoms with E-state index in [9.17, 15) is 27.9 Å². The summed E-state index contributed by atoms with van der Waals surface area (Å²) in [7, 11) is 0. The maximum Gasteiger partial charge on any atom is 0.418 e. The standard InChI is InChI=1S/C12H9F3N2O3/c1-6-9(18)16-11(20)17(10(6)19)8-5-3-2-4-7(8)12(13,14)15/h2-5,19H,1H3,(H,16,18,20). The highest BCUT2D eigenvalue weighted by Crippen LogP contribution is 2.34. The van der Waals surface area contributed by atoms with Gasteiger partial charge in [-0.2, -0.15) is 13.2 Å². The van der Waals surface area contributed by atoms with Crippen molar-refractivity contribution in [3.8, 4) is 11.6 Å². The van der Waals surface area contributed by atoms with E-state index in [0.717, 1.165) is 18.2 Å².